The SMILES string of the molecule is N#Cc1nc2c3ccccc3c3cc4c(cc3c2nc1C#N)c1cc(-c2cccc(-n3c5ccccc5c5ccc6c7nc(C#N)c(C#N)nc7c7ccccc7c6c53)c2)ccc1n4-c1ccccc1. The molecule has 318 valence electrons. The third-order valence-electron chi connectivity index (χ3n) is 13.8. The van der Waals surface area contributed by atoms with Crippen molar-refractivity contribution in [1.82, 2.24) is 29.1 Å². The number of nitrogens with zero attached hydrogens (tertiary/aromatic N) is 10. The fourth-order valence-electron chi connectivity index (χ4n) is 10.9. The largest absolute Gasteiger partial charge is 0.309 e. The van der Waals surface area contributed by atoms with Crippen molar-refractivity contribution in [3.05, 3.63) is 193 Å². The molecule has 14 aromatic rings. The van der Waals surface area contributed by atoms with Gasteiger partial charge in [0.25, 0.3) is 0 Å². The van der Waals surface area contributed by atoms with Gasteiger partial charge in [-0.1, -0.05) is 115 Å². The number of benzene rings is 10. The Morgan fingerprint density at radius 3 is 1.50 bits per heavy atom. The molecule has 0 aliphatic rings. The molecule has 4 heterocycles. The summed E-state index contributed by atoms with van der Waals surface area (Å²) in [7, 11) is 0. The van der Waals surface area contributed by atoms with Crippen LogP contribution in [0.2, 0.25) is 0 Å². The van der Waals surface area contributed by atoms with Gasteiger partial charge in [-0.05, 0) is 81.9 Å². The standard InChI is InChI=1S/C60H28N10/c61-29-48-50(31-63)67-58-43-23-22-42-38-16-8-9-20-52(38)70(60(42)55(43)39-17-5-7-19-41(39)57(58)66-48)36-14-10-11-33(25-36)34-21-24-53-45(26-34)46-27-47-44(28-54(46)69(53)35-12-2-1-3-13-35)37-15-4-6-18-40(37)56-59(47)68-51(32-64)49(30-62)65-56/h1-28H. The monoisotopic (exact) mass is 888 g/mol. The number of para-hydroxylation sites is 2. The highest BCUT2D eigenvalue weighted by molar-refractivity contribution is 6.32. The molecular formula is C60H28N10. The van der Waals surface area contributed by atoms with E-state index in [4.69, 9.17) is 19.9 Å². The molecule has 10 nitrogen and oxygen atoms in total. The van der Waals surface area contributed by atoms with Crippen molar-refractivity contribution in [2.75, 3.05) is 0 Å². The average Bonchev–Trinajstić information content (AvgIpc) is 3.94. The second-order valence-corrected chi connectivity index (χ2v) is 17.4. The summed E-state index contributed by atoms with van der Waals surface area (Å²) < 4.78 is 4.63. The lowest BCUT2D eigenvalue weighted by Crippen LogP contribution is -1.99. The number of fused-ring (bicyclic) bond motifs is 19. The smallest absolute Gasteiger partial charge is 0.177 e. The summed E-state index contributed by atoms with van der Waals surface area (Å²) in [6.07, 6.45) is 0. The molecule has 0 atom stereocenters. The minimum Gasteiger partial charge on any atom is -0.309 e. The van der Waals surface area contributed by atoms with E-state index in [1.807, 2.05) is 54.6 Å². The maximum absolute atomic E-state index is 10.1. The van der Waals surface area contributed by atoms with Crippen molar-refractivity contribution in [2.45, 2.75) is 0 Å². The summed E-state index contributed by atoms with van der Waals surface area (Å²) in [5.41, 5.74) is 10.4. The molecule has 4 aromatic heterocycles. The molecule has 0 saturated carbocycles. The van der Waals surface area contributed by atoms with Crippen molar-refractivity contribution < 1.29 is 0 Å². The van der Waals surface area contributed by atoms with Crippen LogP contribution in [0.1, 0.15) is 22.8 Å². The summed E-state index contributed by atoms with van der Waals surface area (Å²) in [6, 6.07) is 67.1. The minimum atomic E-state index is -0.00524. The second kappa shape index (κ2) is 14.5. The van der Waals surface area contributed by atoms with Gasteiger partial charge in [-0.25, -0.2) is 19.9 Å². The number of hydrogen-bond acceptors (Lipinski definition) is 8. The van der Waals surface area contributed by atoms with E-state index in [9.17, 15) is 21.0 Å². The molecule has 10 heteroatoms. The van der Waals surface area contributed by atoms with E-state index in [-0.39, 0.29) is 22.8 Å². The van der Waals surface area contributed by atoms with E-state index in [1.54, 1.807) is 0 Å². The first-order chi connectivity index (χ1) is 34.5. The summed E-state index contributed by atoms with van der Waals surface area (Å²) in [5.74, 6) is 0. The summed E-state index contributed by atoms with van der Waals surface area (Å²) in [5, 5.41) is 51.5. The predicted molar refractivity (Wildman–Crippen MR) is 276 cm³/mol. The van der Waals surface area contributed by atoms with Crippen LogP contribution in [-0.4, -0.2) is 29.1 Å². The maximum Gasteiger partial charge on any atom is 0.177 e. The number of nitriles is 4. The molecule has 0 spiro atoms. The molecule has 0 aliphatic heterocycles. The molecule has 10 aromatic carbocycles. The van der Waals surface area contributed by atoms with Crippen molar-refractivity contribution in [1.29, 1.82) is 21.0 Å². The molecule has 0 unspecified atom stereocenters. The van der Waals surface area contributed by atoms with Crippen LogP contribution in [0, 0.1) is 45.3 Å². The Bertz CT molecular complexity index is 4880. The van der Waals surface area contributed by atoms with Gasteiger partial charge in [0.15, 0.2) is 22.8 Å². The normalized spacial score (nSPS) is 11.7. The van der Waals surface area contributed by atoms with Crippen molar-refractivity contribution in [3.8, 4) is 46.8 Å². The van der Waals surface area contributed by atoms with Gasteiger partial charge in [0.05, 0.1) is 44.1 Å². The zero-order valence-electron chi connectivity index (χ0n) is 36.6. The Hall–Kier alpha value is -10.5. The molecule has 0 fully saturated rings. The Labute approximate surface area is 396 Å². The van der Waals surface area contributed by atoms with E-state index in [2.05, 4.69) is 149 Å². The van der Waals surface area contributed by atoms with Crippen LogP contribution in [0.3, 0.4) is 0 Å². The fraction of sp³-hybridized carbons (Fsp3) is 0. The molecule has 0 saturated heterocycles. The Morgan fingerprint density at radius 1 is 0.300 bits per heavy atom. The molecule has 0 amide bonds. The lowest BCUT2D eigenvalue weighted by atomic mass is 9.96. The molecule has 70 heavy (non-hydrogen) atoms. The Kier molecular flexibility index (Phi) is 8.01. The van der Waals surface area contributed by atoms with Crippen LogP contribution in [-0.2, 0) is 0 Å². The van der Waals surface area contributed by atoms with Crippen molar-refractivity contribution >= 4 is 109 Å². The van der Waals surface area contributed by atoms with Crippen LogP contribution in [0.5, 0.6) is 0 Å². The molecular weight excluding hydrogens is 861 g/mol. The topological polar surface area (TPSA) is 157 Å². The Morgan fingerprint density at radius 2 is 0.814 bits per heavy atom. The third-order valence-corrected chi connectivity index (χ3v) is 13.8. The van der Waals surface area contributed by atoms with Gasteiger partial charge < -0.3 is 9.13 Å². The van der Waals surface area contributed by atoms with Gasteiger partial charge in [-0.3, -0.25) is 0 Å². The Balaban J connectivity index is 1.05. The quantitative estimate of drug-likeness (QED) is 0.159. The van der Waals surface area contributed by atoms with Crippen molar-refractivity contribution in [2.24, 2.45) is 0 Å². The predicted octanol–water partition coefficient (Wildman–Crippen LogP) is 13.5. The highest BCUT2D eigenvalue weighted by Gasteiger charge is 2.23. The molecule has 14 rings (SSSR count). The first-order valence-electron chi connectivity index (χ1n) is 22.5. The first kappa shape index (κ1) is 38.7. The summed E-state index contributed by atoms with van der Waals surface area (Å²) in [6.45, 7) is 0. The van der Waals surface area contributed by atoms with Crippen LogP contribution in [0.25, 0.3) is 131 Å². The molecule has 0 radical (unpaired) electrons. The number of hydrogen-bond donors (Lipinski definition) is 0. The third kappa shape index (κ3) is 5.27. The molecule has 0 N–H and O–H groups in total. The highest BCUT2D eigenvalue weighted by Crippen LogP contribution is 2.45. The van der Waals surface area contributed by atoms with Crippen LogP contribution < -0.4 is 0 Å². The van der Waals surface area contributed by atoms with Crippen molar-refractivity contribution in [3.63, 3.8) is 0 Å². The number of aromatic nitrogens is 6. The molecule has 0 aliphatic carbocycles. The second-order valence-electron chi connectivity index (χ2n) is 17.4. The zero-order chi connectivity index (χ0) is 46.8. The van der Waals surface area contributed by atoms with Crippen LogP contribution in [0.15, 0.2) is 170 Å². The van der Waals surface area contributed by atoms with E-state index in [0.717, 1.165) is 109 Å². The van der Waals surface area contributed by atoms with E-state index in [1.165, 1.54) is 0 Å². The van der Waals surface area contributed by atoms with Gasteiger partial charge in [0, 0.05) is 59.9 Å². The van der Waals surface area contributed by atoms with Gasteiger partial charge in [-0.2, -0.15) is 21.0 Å². The van der Waals surface area contributed by atoms with Gasteiger partial charge >= 0.3 is 0 Å². The summed E-state index contributed by atoms with van der Waals surface area (Å²) in [4.78, 5) is 19.1. The van der Waals surface area contributed by atoms with E-state index < -0.39 is 0 Å². The summed E-state index contributed by atoms with van der Waals surface area (Å²) >= 11 is 0. The van der Waals surface area contributed by atoms with Gasteiger partial charge in [-0.15, -0.1) is 0 Å². The minimum absolute atomic E-state index is 0.00248. The number of rotatable bonds is 3. The lowest BCUT2D eigenvalue weighted by molar-refractivity contribution is 1.18. The van der Waals surface area contributed by atoms with Crippen LogP contribution >= 0.6 is 0 Å². The maximum atomic E-state index is 10.1. The van der Waals surface area contributed by atoms with E-state index in [0.29, 0.717) is 22.1 Å². The zero-order valence-corrected chi connectivity index (χ0v) is 36.6. The highest BCUT2D eigenvalue weighted by atomic mass is 15.0. The molecule has 0 bridgehead atoms. The average molecular weight is 889 g/mol. The van der Waals surface area contributed by atoms with Crippen LogP contribution in [0.4, 0.5) is 0 Å². The first-order valence-corrected chi connectivity index (χ1v) is 22.5. The van der Waals surface area contributed by atoms with E-state index >= 15 is 0 Å². The fourth-order valence-corrected chi connectivity index (χ4v) is 10.9. The van der Waals surface area contributed by atoms with Gasteiger partial charge in [0.2, 0.25) is 0 Å². The van der Waals surface area contributed by atoms with Gasteiger partial charge in [0.1, 0.15) is 24.3 Å². The lowest BCUT2D eigenvalue weighted by Gasteiger charge is -2.15.